The second-order valence-corrected chi connectivity index (χ2v) is 5.70. The molecule has 2 aliphatic heterocycles. The highest BCUT2D eigenvalue weighted by Crippen LogP contribution is 2.25. The maximum absolute atomic E-state index is 4.20. The van der Waals surface area contributed by atoms with E-state index in [-0.39, 0.29) is 0 Å². The number of rotatable bonds is 5. The second kappa shape index (κ2) is 5.96. The van der Waals surface area contributed by atoms with E-state index in [4.69, 9.17) is 0 Å². The first-order valence-electron chi connectivity index (χ1n) is 7.61. The Morgan fingerprint density at radius 3 is 3.05 bits per heavy atom. The molecule has 2 saturated heterocycles. The summed E-state index contributed by atoms with van der Waals surface area (Å²) >= 11 is 0. The average molecular weight is 264 g/mol. The van der Waals surface area contributed by atoms with E-state index in [1.807, 2.05) is 4.68 Å². The maximum atomic E-state index is 4.20. The number of hydrogen-bond acceptors (Lipinski definition) is 5. The predicted molar refractivity (Wildman–Crippen MR) is 72.6 cm³/mol. The first-order chi connectivity index (χ1) is 9.38. The van der Waals surface area contributed by atoms with Gasteiger partial charge < -0.3 is 5.32 Å². The Morgan fingerprint density at radius 1 is 1.32 bits per heavy atom. The van der Waals surface area contributed by atoms with Crippen LogP contribution in [0, 0.1) is 0 Å². The van der Waals surface area contributed by atoms with Crippen LogP contribution in [-0.2, 0) is 13.1 Å². The third kappa shape index (κ3) is 2.79. The van der Waals surface area contributed by atoms with Crippen molar-refractivity contribution in [2.24, 2.45) is 0 Å². The summed E-state index contributed by atoms with van der Waals surface area (Å²) in [4.78, 5) is 2.57. The Hall–Kier alpha value is -1.01. The number of aromatic nitrogens is 4. The Balaban J connectivity index is 1.65. The number of aryl methyl sites for hydroxylation is 1. The molecule has 6 heteroatoms. The van der Waals surface area contributed by atoms with E-state index >= 15 is 0 Å². The van der Waals surface area contributed by atoms with Gasteiger partial charge in [0.25, 0.3) is 0 Å². The lowest BCUT2D eigenvalue weighted by molar-refractivity contribution is 0.198. The standard InChI is InChI=1S/C13H24N6/c1-2-8-19-13(15-16-17-19)10-18-9-4-6-12(18)11-5-3-7-14-11/h11-12,14H,2-10H2,1H3. The summed E-state index contributed by atoms with van der Waals surface area (Å²) in [5, 5.41) is 15.8. The van der Waals surface area contributed by atoms with Gasteiger partial charge >= 0.3 is 0 Å². The lowest BCUT2D eigenvalue weighted by Gasteiger charge is -2.28. The third-order valence-corrected chi connectivity index (χ3v) is 4.36. The monoisotopic (exact) mass is 264 g/mol. The van der Waals surface area contributed by atoms with Gasteiger partial charge in [-0.2, -0.15) is 0 Å². The normalized spacial score (nSPS) is 28.3. The fourth-order valence-corrected chi connectivity index (χ4v) is 3.45. The quantitative estimate of drug-likeness (QED) is 0.852. The average Bonchev–Trinajstić information content (AvgIpc) is 3.12. The first-order valence-corrected chi connectivity index (χ1v) is 7.61. The Kier molecular flexibility index (Phi) is 4.08. The highest BCUT2D eigenvalue weighted by Gasteiger charge is 2.33. The molecule has 3 heterocycles. The van der Waals surface area contributed by atoms with Crippen LogP contribution >= 0.6 is 0 Å². The molecule has 1 aromatic rings. The van der Waals surface area contributed by atoms with Gasteiger partial charge in [-0.25, -0.2) is 4.68 Å². The van der Waals surface area contributed by atoms with E-state index in [2.05, 4.69) is 32.7 Å². The van der Waals surface area contributed by atoms with Crippen molar-refractivity contribution in [1.29, 1.82) is 0 Å². The number of nitrogens with zero attached hydrogens (tertiary/aromatic N) is 5. The van der Waals surface area contributed by atoms with Gasteiger partial charge in [0, 0.05) is 18.6 Å². The van der Waals surface area contributed by atoms with E-state index in [1.54, 1.807) is 0 Å². The molecule has 0 spiro atoms. The number of tetrazole rings is 1. The first kappa shape index (κ1) is 13.0. The zero-order valence-electron chi connectivity index (χ0n) is 11.8. The minimum Gasteiger partial charge on any atom is -0.312 e. The Bertz CT molecular complexity index is 398. The van der Waals surface area contributed by atoms with Crippen molar-refractivity contribution in [2.45, 2.75) is 64.2 Å². The van der Waals surface area contributed by atoms with Crippen LogP contribution in [0.25, 0.3) is 0 Å². The largest absolute Gasteiger partial charge is 0.312 e. The summed E-state index contributed by atoms with van der Waals surface area (Å²) in [6.45, 7) is 6.34. The molecule has 0 aliphatic carbocycles. The molecule has 0 saturated carbocycles. The lowest BCUT2D eigenvalue weighted by Crippen LogP contribution is -2.43. The summed E-state index contributed by atoms with van der Waals surface area (Å²) in [5.74, 6) is 1.02. The molecule has 0 bridgehead atoms. The summed E-state index contributed by atoms with van der Waals surface area (Å²) in [7, 11) is 0. The third-order valence-electron chi connectivity index (χ3n) is 4.36. The molecule has 0 aromatic carbocycles. The van der Waals surface area contributed by atoms with E-state index in [1.165, 1.54) is 38.8 Å². The van der Waals surface area contributed by atoms with E-state index in [9.17, 15) is 0 Å². The molecule has 2 fully saturated rings. The van der Waals surface area contributed by atoms with Crippen LogP contribution in [0.1, 0.15) is 44.9 Å². The summed E-state index contributed by atoms with van der Waals surface area (Å²) in [6.07, 6.45) is 6.33. The minimum absolute atomic E-state index is 0.675. The van der Waals surface area contributed by atoms with Crippen molar-refractivity contribution in [2.75, 3.05) is 13.1 Å². The van der Waals surface area contributed by atoms with Crippen molar-refractivity contribution < 1.29 is 0 Å². The topological polar surface area (TPSA) is 58.9 Å². The molecule has 3 rings (SSSR count). The van der Waals surface area contributed by atoms with Crippen LogP contribution in [0.15, 0.2) is 0 Å². The fraction of sp³-hybridized carbons (Fsp3) is 0.923. The van der Waals surface area contributed by atoms with E-state index in [0.717, 1.165) is 25.3 Å². The second-order valence-electron chi connectivity index (χ2n) is 5.70. The van der Waals surface area contributed by atoms with Crippen LogP contribution < -0.4 is 5.32 Å². The zero-order valence-corrected chi connectivity index (χ0v) is 11.8. The Morgan fingerprint density at radius 2 is 2.26 bits per heavy atom. The minimum atomic E-state index is 0.675. The molecule has 2 aliphatic rings. The van der Waals surface area contributed by atoms with Gasteiger partial charge in [0.1, 0.15) is 0 Å². The number of likely N-dealkylation sites (tertiary alicyclic amines) is 1. The van der Waals surface area contributed by atoms with Crippen molar-refractivity contribution in [1.82, 2.24) is 30.4 Å². The molecular formula is C13H24N6. The molecule has 106 valence electrons. The fourth-order valence-electron chi connectivity index (χ4n) is 3.45. The van der Waals surface area contributed by atoms with Gasteiger partial charge in [-0.15, -0.1) is 5.10 Å². The number of hydrogen-bond donors (Lipinski definition) is 1. The van der Waals surface area contributed by atoms with Crippen LogP contribution in [0.2, 0.25) is 0 Å². The molecule has 0 radical (unpaired) electrons. The van der Waals surface area contributed by atoms with Gasteiger partial charge in [-0.1, -0.05) is 6.92 Å². The lowest BCUT2D eigenvalue weighted by atomic mass is 10.0. The molecule has 1 N–H and O–H groups in total. The maximum Gasteiger partial charge on any atom is 0.165 e. The van der Waals surface area contributed by atoms with Crippen LogP contribution in [0.4, 0.5) is 0 Å². The molecule has 0 amide bonds. The molecular weight excluding hydrogens is 240 g/mol. The van der Waals surface area contributed by atoms with Gasteiger partial charge in [-0.05, 0) is 55.6 Å². The van der Waals surface area contributed by atoms with Gasteiger partial charge in [-0.3, -0.25) is 4.90 Å². The molecule has 19 heavy (non-hydrogen) atoms. The van der Waals surface area contributed by atoms with Crippen molar-refractivity contribution in [3.8, 4) is 0 Å². The van der Waals surface area contributed by atoms with Crippen LogP contribution in [-0.4, -0.2) is 50.3 Å². The van der Waals surface area contributed by atoms with E-state index in [0.29, 0.717) is 12.1 Å². The Labute approximate surface area is 114 Å². The predicted octanol–water partition coefficient (Wildman–Crippen LogP) is 0.799. The smallest absolute Gasteiger partial charge is 0.165 e. The van der Waals surface area contributed by atoms with Gasteiger partial charge in [0.15, 0.2) is 5.82 Å². The molecule has 1 aromatic heterocycles. The summed E-state index contributed by atoms with van der Waals surface area (Å²) in [6, 6.07) is 1.35. The van der Waals surface area contributed by atoms with Crippen molar-refractivity contribution in [3.05, 3.63) is 5.82 Å². The van der Waals surface area contributed by atoms with Crippen molar-refractivity contribution >= 4 is 0 Å². The van der Waals surface area contributed by atoms with Gasteiger partial charge in [0.05, 0.1) is 6.54 Å². The highest BCUT2D eigenvalue weighted by molar-refractivity contribution is 4.94. The van der Waals surface area contributed by atoms with Crippen LogP contribution in [0.3, 0.4) is 0 Å². The van der Waals surface area contributed by atoms with Gasteiger partial charge in [0.2, 0.25) is 0 Å². The van der Waals surface area contributed by atoms with Crippen LogP contribution in [0.5, 0.6) is 0 Å². The van der Waals surface area contributed by atoms with E-state index < -0.39 is 0 Å². The summed E-state index contributed by atoms with van der Waals surface area (Å²) in [5.41, 5.74) is 0. The molecule has 2 atom stereocenters. The van der Waals surface area contributed by atoms with Crippen molar-refractivity contribution in [3.63, 3.8) is 0 Å². The SMILES string of the molecule is CCCn1nnnc1CN1CCCC1C1CCCN1. The molecule has 6 nitrogen and oxygen atoms in total. The molecule has 2 unspecified atom stereocenters. The summed E-state index contributed by atoms with van der Waals surface area (Å²) < 4.78 is 1.96. The highest BCUT2D eigenvalue weighted by atomic mass is 15.5. The number of nitrogens with one attached hydrogen (secondary N) is 1. The zero-order chi connectivity index (χ0) is 13.1.